The largest absolute Gasteiger partial charge is 0.382 e. The summed E-state index contributed by atoms with van der Waals surface area (Å²) in [5, 5.41) is 9.75. The fraction of sp³-hybridized carbons (Fsp3) is 0.889. The van der Waals surface area contributed by atoms with Gasteiger partial charge in [0.1, 0.15) is 5.60 Å². The van der Waals surface area contributed by atoms with Gasteiger partial charge in [0, 0.05) is 5.41 Å². The minimum Gasteiger partial charge on any atom is -0.382 e. The lowest BCUT2D eigenvalue weighted by Crippen LogP contribution is -2.37. The predicted molar refractivity (Wildman–Crippen MR) is 43.3 cm³/mol. The zero-order chi connectivity index (χ0) is 8.70. The van der Waals surface area contributed by atoms with Crippen molar-refractivity contribution in [2.45, 2.75) is 45.6 Å². The van der Waals surface area contributed by atoms with E-state index in [1.807, 2.05) is 20.8 Å². The molecular weight excluding hydrogens is 140 g/mol. The number of aliphatic hydroxyl groups is 1. The SMILES string of the molecule is CCC1(O)CCC(C)(C)C1=O. The lowest BCUT2D eigenvalue weighted by molar-refractivity contribution is -0.139. The van der Waals surface area contributed by atoms with Gasteiger partial charge in [0.05, 0.1) is 0 Å². The lowest BCUT2D eigenvalue weighted by atomic mass is 9.86. The molecular formula is C9H16O2. The van der Waals surface area contributed by atoms with E-state index in [4.69, 9.17) is 0 Å². The Morgan fingerprint density at radius 1 is 1.45 bits per heavy atom. The number of rotatable bonds is 1. The number of Topliss-reactive ketones (excluding diaryl/α,β-unsaturated/α-hetero) is 1. The summed E-state index contributed by atoms with van der Waals surface area (Å²) in [6, 6.07) is 0. The van der Waals surface area contributed by atoms with Crippen LogP contribution < -0.4 is 0 Å². The molecule has 64 valence electrons. The molecule has 1 rings (SSSR count). The highest BCUT2D eigenvalue weighted by molar-refractivity contribution is 5.93. The molecule has 11 heavy (non-hydrogen) atoms. The maximum absolute atomic E-state index is 11.5. The maximum atomic E-state index is 11.5. The molecule has 1 unspecified atom stereocenters. The normalized spacial score (nSPS) is 36.2. The first-order valence-electron chi connectivity index (χ1n) is 4.20. The summed E-state index contributed by atoms with van der Waals surface area (Å²) < 4.78 is 0. The number of hydrogen-bond acceptors (Lipinski definition) is 2. The second-order valence-electron chi connectivity index (χ2n) is 4.10. The van der Waals surface area contributed by atoms with Gasteiger partial charge in [-0.3, -0.25) is 4.79 Å². The summed E-state index contributed by atoms with van der Waals surface area (Å²) in [6.07, 6.45) is 2.00. The number of ketones is 1. The quantitative estimate of drug-likeness (QED) is 0.625. The topological polar surface area (TPSA) is 37.3 Å². The van der Waals surface area contributed by atoms with Crippen LogP contribution in [0.3, 0.4) is 0 Å². The van der Waals surface area contributed by atoms with Crippen molar-refractivity contribution < 1.29 is 9.90 Å². The van der Waals surface area contributed by atoms with E-state index in [2.05, 4.69) is 0 Å². The molecule has 0 spiro atoms. The second kappa shape index (κ2) is 2.31. The van der Waals surface area contributed by atoms with Crippen molar-refractivity contribution in [3.8, 4) is 0 Å². The second-order valence-corrected chi connectivity index (χ2v) is 4.10. The summed E-state index contributed by atoms with van der Waals surface area (Å²) in [5.74, 6) is 0.0208. The van der Waals surface area contributed by atoms with Crippen LogP contribution in [0.25, 0.3) is 0 Å². The van der Waals surface area contributed by atoms with Crippen LogP contribution in [0.5, 0.6) is 0 Å². The van der Waals surface area contributed by atoms with Gasteiger partial charge in [-0.25, -0.2) is 0 Å². The lowest BCUT2D eigenvalue weighted by Gasteiger charge is -2.21. The molecule has 0 amide bonds. The molecule has 1 N–H and O–H groups in total. The molecule has 0 aromatic heterocycles. The van der Waals surface area contributed by atoms with E-state index in [1.165, 1.54) is 0 Å². The Balaban J connectivity index is 2.87. The summed E-state index contributed by atoms with van der Waals surface area (Å²) >= 11 is 0. The Kier molecular flexibility index (Phi) is 1.83. The number of carbonyl (C=O) groups is 1. The fourth-order valence-corrected chi connectivity index (χ4v) is 1.71. The van der Waals surface area contributed by atoms with Crippen molar-refractivity contribution >= 4 is 5.78 Å². The molecule has 1 atom stereocenters. The van der Waals surface area contributed by atoms with E-state index in [0.29, 0.717) is 12.8 Å². The van der Waals surface area contributed by atoms with Crippen molar-refractivity contribution in [3.05, 3.63) is 0 Å². The zero-order valence-electron chi connectivity index (χ0n) is 7.48. The number of hydrogen-bond donors (Lipinski definition) is 1. The molecule has 1 saturated carbocycles. The summed E-state index contributed by atoms with van der Waals surface area (Å²) in [5.41, 5.74) is -1.31. The van der Waals surface area contributed by atoms with E-state index < -0.39 is 5.60 Å². The van der Waals surface area contributed by atoms with E-state index >= 15 is 0 Å². The van der Waals surface area contributed by atoms with Gasteiger partial charge in [0.2, 0.25) is 0 Å². The van der Waals surface area contributed by atoms with E-state index in [-0.39, 0.29) is 11.2 Å². The first kappa shape index (κ1) is 8.72. The van der Waals surface area contributed by atoms with E-state index in [0.717, 1.165) is 6.42 Å². The highest BCUT2D eigenvalue weighted by atomic mass is 16.3. The van der Waals surface area contributed by atoms with Crippen molar-refractivity contribution in [1.29, 1.82) is 0 Å². The minimum atomic E-state index is -1.01. The van der Waals surface area contributed by atoms with Gasteiger partial charge >= 0.3 is 0 Å². The van der Waals surface area contributed by atoms with Crippen LogP contribution in [0.15, 0.2) is 0 Å². The molecule has 0 saturated heterocycles. The molecule has 0 bridgehead atoms. The maximum Gasteiger partial charge on any atom is 0.169 e. The van der Waals surface area contributed by atoms with Crippen LogP contribution in [0.4, 0.5) is 0 Å². The number of carbonyl (C=O) groups excluding carboxylic acids is 1. The first-order valence-corrected chi connectivity index (χ1v) is 4.20. The third kappa shape index (κ3) is 1.20. The van der Waals surface area contributed by atoms with Crippen LogP contribution in [0.2, 0.25) is 0 Å². The molecule has 0 aromatic rings. The average Bonchev–Trinajstić information content (AvgIpc) is 2.16. The van der Waals surface area contributed by atoms with Crippen LogP contribution in [-0.2, 0) is 4.79 Å². The highest BCUT2D eigenvalue weighted by Gasteiger charge is 2.49. The van der Waals surface area contributed by atoms with Gasteiger partial charge in [0.15, 0.2) is 5.78 Å². The molecule has 1 aliphatic carbocycles. The smallest absolute Gasteiger partial charge is 0.169 e. The van der Waals surface area contributed by atoms with Gasteiger partial charge < -0.3 is 5.11 Å². The van der Waals surface area contributed by atoms with Crippen LogP contribution in [0, 0.1) is 5.41 Å². The Hall–Kier alpha value is -0.370. The predicted octanol–water partition coefficient (Wildman–Crippen LogP) is 1.52. The average molecular weight is 156 g/mol. The van der Waals surface area contributed by atoms with Gasteiger partial charge in [-0.05, 0) is 19.3 Å². The molecule has 0 aromatic carbocycles. The summed E-state index contributed by atoms with van der Waals surface area (Å²) in [4.78, 5) is 11.5. The zero-order valence-corrected chi connectivity index (χ0v) is 7.48. The minimum absolute atomic E-state index is 0.0208. The Morgan fingerprint density at radius 2 is 2.00 bits per heavy atom. The first-order chi connectivity index (χ1) is 4.92. The monoisotopic (exact) mass is 156 g/mol. The molecule has 2 nitrogen and oxygen atoms in total. The Morgan fingerprint density at radius 3 is 2.18 bits per heavy atom. The molecule has 0 heterocycles. The summed E-state index contributed by atoms with van der Waals surface area (Å²) in [6.45, 7) is 5.67. The highest BCUT2D eigenvalue weighted by Crippen LogP contribution is 2.41. The standard InChI is InChI=1S/C9H16O2/c1-4-9(11)6-5-8(2,3)7(9)10/h11H,4-6H2,1-3H3. The van der Waals surface area contributed by atoms with E-state index in [9.17, 15) is 9.90 Å². The van der Waals surface area contributed by atoms with Gasteiger partial charge in [-0.2, -0.15) is 0 Å². The summed E-state index contributed by atoms with van der Waals surface area (Å²) in [7, 11) is 0. The molecule has 1 aliphatic rings. The molecule has 1 fully saturated rings. The Bertz CT molecular complexity index is 184. The van der Waals surface area contributed by atoms with Crippen molar-refractivity contribution in [2.75, 3.05) is 0 Å². The Labute approximate surface area is 67.6 Å². The van der Waals surface area contributed by atoms with E-state index in [1.54, 1.807) is 0 Å². The molecule has 2 heteroatoms. The van der Waals surface area contributed by atoms with Gasteiger partial charge in [-0.15, -0.1) is 0 Å². The van der Waals surface area contributed by atoms with Crippen LogP contribution in [0.1, 0.15) is 40.0 Å². The third-order valence-electron chi connectivity index (χ3n) is 2.79. The van der Waals surface area contributed by atoms with Crippen molar-refractivity contribution in [3.63, 3.8) is 0 Å². The molecule has 0 radical (unpaired) electrons. The van der Waals surface area contributed by atoms with Crippen LogP contribution >= 0.6 is 0 Å². The molecule has 0 aliphatic heterocycles. The van der Waals surface area contributed by atoms with Crippen molar-refractivity contribution in [1.82, 2.24) is 0 Å². The van der Waals surface area contributed by atoms with Gasteiger partial charge in [-0.1, -0.05) is 20.8 Å². The van der Waals surface area contributed by atoms with Gasteiger partial charge in [0.25, 0.3) is 0 Å². The fourth-order valence-electron chi connectivity index (χ4n) is 1.71. The third-order valence-corrected chi connectivity index (χ3v) is 2.79. The van der Waals surface area contributed by atoms with Crippen LogP contribution in [-0.4, -0.2) is 16.5 Å². The van der Waals surface area contributed by atoms with Crippen molar-refractivity contribution in [2.24, 2.45) is 5.41 Å².